The second kappa shape index (κ2) is 6.75. The van der Waals surface area contributed by atoms with Crippen LogP contribution in [0.2, 0.25) is 0 Å². The van der Waals surface area contributed by atoms with Gasteiger partial charge < -0.3 is 10.1 Å². The molecule has 1 heterocycles. The third-order valence-electron chi connectivity index (χ3n) is 4.56. The third kappa shape index (κ3) is 3.96. The predicted molar refractivity (Wildman–Crippen MR) is 72.2 cm³/mol. The summed E-state index contributed by atoms with van der Waals surface area (Å²) in [6.45, 7) is 6.57. The van der Waals surface area contributed by atoms with Crippen LogP contribution in [0.1, 0.15) is 58.3 Å². The lowest BCUT2D eigenvalue weighted by Crippen LogP contribution is -2.37. The van der Waals surface area contributed by atoms with E-state index >= 15 is 0 Å². The van der Waals surface area contributed by atoms with Crippen LogP contribution in [0.4, 0.5) is 0 Å². The number of rotatable bonds is 6. The number of nitrogens with one attached hydrogen (secondary N) is 1. The molecule has 2 nitrogen and oxygen atoms in total. The maximum Gasteiger partial charge on any atom is 0.0535 e. The van der Waals surface area contributed by atoms with E-state index in [9.17, 15) is 0 Å². The Labute approximate surface area is 107 Å². The fourth-order valence-corrected chi connectivity index (χ4v) is 3.56. The highest BCUT2D eigenvalue weighted by Gasteiger charge is 2.36. The molecular weight excluding hydrogens is 210 g/mol. The Bertz CT molecular complexity index is 205. The second-order valence-electron chi connectivity index (χ2n) is 6.19. The molecular formula is C15H29NO. The minimum atomic E-state index is 0.469. The van der Waals surface area contributed by atoms with Gasteiger partial charge >= 0.3 is 0 Å². The van der Waals surface area contributed by atoms with E-state index in [2.05, 4.69) is 12.2 Å². The quantitative estimate of drug-likeness (QED) is 0.718. The lowest BCUT2D eigenvalue weighted by atomic mass is 9.74. The van der Waals surface area contributed by atoms with E-state index in [4.69, 9.17) is 4.74 Å². The molecule has 1 saturated carbocycles. The minimum absolute atomic E-state index is 0.469. The van der Waals surface area contributed by atoms with Gasteiger partial charge in [-0.25, -0.2) is 0 Å². The Hall–Kier alpha value is -0.0800. The van der Waals surface area contributed by atoms with Crippen LogP contribution in [0.3, 0.4) is 0 Å². The van der Waals surface area contributed by atoms with Crippen molar-refractivity contribution in [1.82, 2.24) is 5.32 Å². The summed E-state index contributed by atoms with van der Waals surface area (Å²) in [5.74, 6) is 0.980. The molecule has 2 rings (SSSR count). The van der Waals surface area contributed by atoms with Crippen molar-refractivity contribution in [3.05, 3.63) is 0 Å². The van der Waals surface area contributed by atoms with Crippen LogP contribution in [0.15, 0.2) is 0 Å². The van der Waals surface area contributed by atoms with Gasteiger partial charge in [0.2, 0.25) is 0 Å². The standard InChI is InChI=1S/C15H29NO/c1-2-9-16-12-15(8-10-17-13-15)11-14-6-4-3-5-7-14/h14,16H,2-13H2,1H3. The molecule has 0 aromatic rings. The summed E-state index contributed by atoms with van der Waals surface area (Å²) in [5, 5.41) is 3.63. The van der Waals surface area contributed by atoms with E-state index in [1.807, 2.05) is 0 Å². The predicted octanol–water partition coefficient (Wildman–Crippen LogP) is 3.36. The van der Waals surface area contributed by atoms with E-state index in [0.29, 0.717) is 5.41 Å². The van der Waals surface area contributed by atoms with Crippen molar-refractivity contribution in [2.45, 2.75) is 58.3 Å². The molecule has 0 aromatic heterocycles. The van der Waals surface area contributed by atoms with Crippen LogP contribution in [0, 0.1) is 11.3 Å². The summed E-state index contributed by atoms with van der Waals surface area (Å²) in [6, 6.07) is 0. The van der Waals surface area contributed by atoms with E-state index in [1.54, 1.807) is 0 Å². The average Bonchev–Trinajstić information content (AvgIpc) is 2.80. The van der Waals surface area contributed by atoms with Crippen molar-refractivity contribution >= 4 is 0 Å². The molecule has 2 fully saturated rings. The second-order valence-corrected chi connectivity index (χ2v) is 6.19. The lowest BCUT2D eigenvalue weighted by Gasteiger charge is -2.33. The molecule has 17 heavy (non-hydrogen) atoms. The molecule has 2 aliphatic rings. The van der Waals surface area contributed by atoms with Gasteiger partial charge in [0.15, 0.2) is 0 Å². The zero-order valence-electron chi connectivity index (χ0n) is 11.5. The van der Waals surface area contributed by atoms with Crippen LogP contribution in [0.25, 0.3) is 0 Å². The van der Waals surface area contributed by atoms with Gasteiger partial charge in [-0.05, 0) is 31.7 Å². The summed E-state index contributed by atoms with van der Waals surface area (Å²) in [4.78, 5) is 0. The molecule has 1 aliphatic carbocycles. The van der Waals surface area contributed by atoms with Crippen LogP contribution >= 0.6 is 0 Å². The maximum absolute atomic E-state index is 5.69. The van der Waals surface area contributed by atoms with Gasteiger partial charge in [0.25, 0.3) is 0 Å². The largest absolute Gasteiger partial charge is 0.381 e. The summed E-state index contributed by atoms with van der Waals surface area (Å²) < 4.78 is 5.69. The van der Waals surface area contributed by atoms with Gasteiger partial charge in [0.1, 0.15) is 0 Å². The van der Waals surface area contributed by atoms with Crippen molar-refractivity contribution in [2.24, 2.45) is 11.3 Å². The van der Waals surface area contributed by atoms with Crippen molar-refractivity contribution < 1.29 is 4.74 Å². The fourth-order valence-electron chi connectivity index (χ4n) is 3.56. The van der Waals surface area contributed by atoms with E-state index in [-0.39, 0.29) is 0 Å². The normalized spacial score (nSPS) is 30.9. The van der Waals surface area contributed by atoms with Crippen molar-refractivity contribution in [3.8, 4) is 0 Å². The Kier molecular flexibility index (Phi) is 5.30. The smallest absolute Gasteiger partial charge is 0.0535 e. The average molecular weight is 239 g/mol. The molecule has 100 valence electrons. The lowest BCUT2D eigenvalue weighted by molar-refractivity contribution is 0.122. The maximum atomic E-state index is 5.69. The first-order valence-corrected chi connectivity index (χ1v) is 7.63. The Morgan fingerprint density at radius 2 is 2.06 bits per heavy atom. The van der Waals surface area contributed by atoms with Crippen molar-refractivity contribution in [3.63, 3.8) is 0 Å². The number of hydrogen-bond donors (Lipinski definition) is 1. The number of hydrogen-bond acceptors (Lipinski definition) is 2. The molecule has 1 N–H and O–H groups in total. The summed E-state index contributed by atoms with van der Waals surface area (Å²) >= 11 is 0. The monoisotopic (exact) mass is 239 g/mol. The molecule has 2 heteroatoms. The molecule has 0 amide bonds. The highest BCUT2D eigenvalue weighted by molar-refractivity contribution is 4.88. The van der Waals surface area contributed by atoms with Gasteiger partial charge in [-0.2, -0.15) is 0 Å². The highest BCUT2D eigenvalue weighted by Crippen LogP contribution is 2.39. The molecule has 1 saturated heterocycles. The van der Waals surface area contributed by atoms with Gasteiger partial charge in [-0.1, -0.05) is 39.0 Å². The molecule has 1 aliphatic heterocycles. The van der Waals surface area contributed by atoms with Crippen LogP contribution in [0.5, 0.6) is 0 Å². The summed E-state index contributed by atoms with van der Waals surface area (Å²) in [7, 11) is 0. The van der Waals surface area contributed by atoms with Crippen LogP contribution in [-0.4, -0.2) is 26.3 Å². The van der Waals surface area contributed by atoms with E-state index in [0.717, 1.165) is 25.7 Å². The SMILES string of the molecule is CCCNCC1(CC2CCCCC2)CCOC1. The third-order valence-corrected chi connectivity index (χ3v) is 4.56. The Balaban J connectivity index is 1.82. The van der Waals surface area contributed by atoms with Crippen LogP contribution in [-0.2, 0) is 4.74 Å². The molecule has 0 spiro atoms. The highest BCUT2D eigenvalue weighted by atomic mass is 16.5. The van der Waals surface area contributed by atoms with Crippen molar-refractivity contribution in [2.75, 3.05) is 26.3 Å². The molecule has 1 atom stereocenters. The molecule has 1 unspecified atom stereocenters. The topological polar surface area (TPSA) is 21.3 Å². The zero-order valence-corrected chi connectivity index (χ0v) is 11.5. The first-order chi connectivity index (χ1) is 8.35. The van der Waals surface area contributed by atoms with E-state index in [1.165, 1.54) is 57.9 Å². The Morgan fingerprint density at radius 1 is 1.24 bits per heavy atom. The fraction of sp³-hybridized carbons (Fsp3) is 1.00. The molecule has 0 bridgehead atoms. The van der Waals surface area contributed by atoms with Gasteiger partial charge in [-0.3, -0.25) is 0 Å². The number of ether oxygens (including phenoxy) is 1. The van der Waals surface area contributed by atoms with Gasteiger partial charge in [0, 0.05) is 18.6 Å². The molecule has 0 radical (unpaired) electrons. The Morgan fingerprint density at radius 3 is 2.71 bits per heavy atom. The zero-order chi connectivity index (χ0) is 12.0. The summed E-state index contributed by atoms with van der Waals surface area (Å²) in [6.07, 6.45) is 11.2. The van der Waals surface area contributed by atoms with Crippen LogP contribution < -0.4 is 5.32 Å². The minimum Gasteiger partial charge on any atom is -0.381 e. The van der Waals surface area contributed by atoms with Gasteiger partial charge in [-0.15, -0.1) is 0 Å². The molecule has 0 aromatic carbocycles. The first-order valence-electron chi connectivity index (χ1n) is 7.63. The summed E-state index contributed by atoms with van der Waals surface area (Å²) in [5.41, 5.74) is 0.469. The van der Waals surface area contributed by atoms with Crippen molar-refractivity contribution in [1.29, 1.82) is 0 Å². The van der Waals surface area contributed by atoms with E-state index < -0.39 is 0 Å². The van der Waals surface area contributed by atoms with Gasteiger partial charge in [0.05, 0.1) is 6.61 Å². The first kappa shape index (κ1) is 13.4.